The highest BCUT2D eigenvalue weighted by molar-refractivity contribution is 6.73. The molecule has 0 bridgehead atoms. The molecule has 0 atom stereocenters. The molecule has 0 aliphatic carbocycles. The van der Waals surface area contributed by atoms with Crippen LogP contribution in [0, 0.1) is 0 Å². The predicted octanol–water partition coefficient (Wildman–Crippen LogP) is 2.54. The van der Waals surface area contributed by atoms with E-state index in [9.17, 15) is 0 Å². The number of hydrogen-bond donors (Lipinski definition) is 1. The summed E-state index contributed by atoms with van der Waals surface area (Å²) in [6.07, 6.45) is 0. The summed E-state index contributed by atoms with van der Waals surface area (Å²) in [7, 11) is -1.28. The van der Waals surface area contributed by atoms with Crippen LogP contribution in [0.5, 0.6) is 0 Å². The molecule has 2 nitrogen and oxygen atoms in total. The Labute approximate surface area is 81.0 Å². The second kappa shape index (κ2) is 4.55. The first kappa shape index (κ1) is 10.4. The van der Waals surface area contributed by atoms with E-state index in [1.807, 2.05) is 18.2 Å². The molecule has 0 fully saturated rings. The lowest BCUT2D eigenvalue weighted by Crippen LogP contribution is -2.40. The first-order valence-corrected chi connectivity index (χ1v) is 8.01. The van der Waals surface area contributed by atoms with Crippen LogP contribution in [0.4, 0.5) is 0 Å². The third kappa shape index (κ3) is 4.82. The average molecular weight is 195 g/mol. The molecule has 0 aliphatic heterocycles. The molecule has 0 amide bonds. The van der Waals surface area contributed by atoms with Gasteiger partial charge in [-0.2, -0.15) is 0 Å². The SMILES string of the molecule is C[Si](C)(C)NOCc1ccccc1. The van der Waals surface area contributed by atoms with E-state index in [0.717, 1.165) is 0 Å². The van der Waals surface area contributed by atoms with E-state index in [4.69, 9.17) is 4.84 Å². The van der Waals surface area contributed by atoms with Gasteiger partial charge < -0.3 is 4.84 Å². The van der Waals surface area contributed by atoms with Gasteiger partial charge in [-0.3, -0.25) is 0 Å². The van der Waals surface area contributed by atoms with Crippen LogP contribution in [0.15, 0.2) is 30.3 Å². The fraction of sp³-hybridized carbons (Fsp3) is 0.400. The maximum Gasteiger partial charge on any atom is 0.147 e. The maximum atomic E-state index is 5.40. The minimum atomic E-state index is -1.28. The van der Waals surface area contributed by atoms with Crippen LogP contribution in [0.1, 0.15) is 5.56 Å². The van der Waals surface area contributed by atoms with Gasteiger partial charge in [0.05, 0.1) is 6.61 Å². The molecule has 3 heteroatoms. The van der Waals surface area contributed by atoms with E-state index < -0.39 is 8.24 Å². The Hall–Kier alpha value is -0.643. The van der Waals surface area contributed by atoms with Crippen LogP contribution in [0.3, 0.4) is 0 Å². The van der Waals surface area contributed by atoms with Crippen LogP contribution in [0.2, 0.25) is 19.6 Å². The minimum Gasteiger partial charge on any atom is -0.304 e. The van der Waals surface area contributed by atoms with Crippen molar-refractivity contribution in [2.45, 2.75) is 26.2 Å². The molecular weight excluding hydrogens is 178 g/mol. The Morgan fingerprint density at radius 2 is 1.77 bits per heavy atom. The highest BCUT2D eigenvalue weighted by atomic mass is 28.3. The van der Waals surface area contributed by atoms with E-state index in [-0.39, 0.29) is 0 Å². The molecule has 1 aromatic carbocycles. The van der Waals surface area contributed by atoms with Gasteiger partial charge >= 0.3 is 0 Å². The zero-order chi connectivity index (χ0) is 9.73. The normalized spacial score (nSPS) is 11.6. The summed E-state index contributed by atoms with van der Waals surface area (Å²) < 4.78 is 0. The fourth-order valence-corrected chi connectivity index (χ4v) is 1.42. The summed E-state index contributed by atoms with van der Waals surface area (Å²) >= 11 is 0. The van der Waals surface area contributed by atoms with E-state index in [1.54, 1.807) is 0 Å². The van der Waals surface area contributed by atoms with Crippen molar-refractivity contribution in [3.05, 3.63) is 35.9 Å². The third-order valence-electron chi connectivity index (χ3n) is 1.46. The van der Waals surface area contributed by atoms with Crippen LogP contribution in [0.25, 0.3) is 0 Å². The zero-order valence-electron chi connectivity index (χ0n) is 8.50. The fourth-order valence-electron chi connectivity index (χ4n) is 0.910. The lowest BCUT2D eigenvalue weighted by molar-refractivity contribution is 0.0732. The third-order valence-corrected chi connectivity index (χ3v) is 2.22. The molecular formula is C10H17NOSi. The second-order valence-corrected chi connectivity index (χ2v) is 8.83. The summed E-state index contributed by atoms with van der Waals surface area (Å²) in [6, 6.07) is 10.2. The quantitative estimate of drug-likeness (QED) is 0.589. The van der Waals surface area contributed by atoms with Crippen molar-refractivity contribution in [3.8, 4) is 0 Å². The Kier molecular flexibility index (Phi) is 3.66. The molecule has 72 valence electrons. The topological polar surface area (TPSA) is 21.3 Å². The Bertz CT molecular complexity index is 243. The van der Waals surface area contributed by atoms with Crippen LogP contribution >= 0.6 is 0 Å². The lowest BCUT2D eigenvalue weighted by atomic mass is 10.2. The average Bonchev–Trinajstić information content (AvgIpc) is 2.04. The van der Waals surface area contributed by atoms with Crippen molar-refractivity contribution in [1.29, 1.82) is 0 Å². The van der Waals surface area contributed by atoms with Crippen molar-refractivity contribution in [2.24, 2.45) is 0 Å². The summed E-state index contributed by atoms with van der Waals surface area (Å²) in [5.74, 6) is 0. The molecule has 0 spiro atoms. The van der Waals surface area contributed by atoms with E-state index in [2.05, 4.69) is 36.9 Å². The number of hydrogen-bond acceptors (Lipinski definition) is 2. The van der Waals surface area contributed by atoms with E-state index in [0.29, 0.717) is 6.61 Å². The van der Waals surface area contributed by atoms with Gasteiger partial charge in [-0.25, -0.2) is 5.15 Å². The van der Waals surface area contributed by atoms with Gasteiger partial charge in [0.1, 0.15) is 8.24 Å². The van der Waals surface area contributed by atoms with Crippen LogP contribution < -0.4 is 5.15 Å². The van der Waals surface area contributed by atoms with Gasteiger partial charge in [0.15, 0.2) is 0 Å². The molecule has 1 N–H and O–H groups in total. The standard InChI is InChI=1S/C10H17NOSi/c1-13(2,3)11-12-9-10-7-5-4-6-8-10/h4-8,11H,9H2,1-3H3. The maximum absolute atomic E-state index is 5.40. The second-order valence-electron chi connectivity index (χ2n) is 4.13. The predicted molar refractivity (Wildman–Crippen MR) is 57.7 cm³/mol. The summed E-state index contributed by atoms with van der Waals surface area (Å²) in [4.78, 5) is 5.40. The number of nitrogens with one attached hydrogen (secondary N) is 1. The molecule has 1 aromatic rings. The molecule has 0 unspecified atom stereocenters. The zero-order valence-corrected chi connectivity index (χ0v) is 9.50. The van der Waals surface area contributed by atoms with E-state index in [1.165, 1.54) is 5.56 Å². The highest BCUT2D eigenvalue weighted by Crippen LogP contribution is 2.01. The van der Waals surface area contributed by atoms with Crippen molar-refractivity contribution < 1.29 is 4.84 Å². The van der Waals surface area contributed by atoms with Crippen molar-refractivity contribution in [2.75, 3.05) is 0 Å². The molecule has 0 aromatic heterocycles. The first-order chi connectivity index (χ1) is 6.08. The van der Waals surface area contributed by atoms with Gasteiger partial charge in [0.2, 0.25) is 0 Å². The van der Waals surface area contributed by atoms with Crippen molar-refractivity contribution in [1.82, 2.24) is 5.15 Å². The summed E-state index contributed by atoms with van der Waals surface area (Å²) in [5.41, 5.74) is 1.20. The molecule has 0 aliphatic rings. The summed E-state index contributed by atoms with van der Waals surface area (Å²) in [5, 5.41) is 3.11. The van der Waals surface area contributed by atoms with E-state index >= 15 is 0 Å². The Morgan fingerprint density at radius 1 is 1.15 bits per heavy atom. The number of benzene rings is 1. The molecule has 13 heavy (non-hydrogen) atoms. The number of rotatable bonds is 4. The largest absolute Gasteiger partial charge is 0.304 e. The van der Waals surface area contributed by atoms with Crippen molar-refractivity contribution >= 4 is 8.24 Å². The van der Waals surface area contributed by atoms with Gasteiger partial charge in [-0.15, -0.1) is 0 Å². The lowest BCUT2D eigenvalue weighted by Gasteiger charge is -2.17. The van der Waals surface area contributed by atoms with Gasteiger partial charge in [-0.1, -0.05) is 50.0 Å². The summed E-state index contributed by atoms with van der Waals surface area (Å²) in [6.45, 7) is 7.26. The first-order valence-electron chi connectivity index (χ1n) is 4.51. The van der Waals surface area contributed by atoms with Crippen molar-refractivity contribution in [3.63, 3.8) is 0 Å². The molecule has 1 rings (SSSR count). The molecule has 0 heterocycles. The Morgan fingerprint density at radius 3 is 2.31 bits per heavy atom. The smallest absolute Gasteiger partial charge is 0.147 e. The monoisotopic (exact) mass is 195 g/mol. The molecule has 0 radical (unpaired) electrons. The highest BCUT2D eigenvalue weighted by Gasteiger charge is 2.12. The van der Waals surface area contributed by atoms with Gasteiger partial charge in [0.25, 0.3) is 0 Å². The Balaban J connectivity index is 2.29. The minimum absolute atomic E-state index is 0.644. The van der Waals surface area contributed by atoms with Crippen LogP contribution in [-0.2, 0) is 11.4 Å². The van der Waals surface area contributed by atoms with Crippen LogP contribution in [-0.4, -0.2) is 8.24 Å². The van der Waals surface area contributed by atoms with Gasteiger partial charge in [-0.05, 0) is 5.56 Å². The molecule has 0 saturated heterocycles. The molecule has 0 saturated carbocycles. The van der Waals surface area contributed by atoms with Gasteiger partial charge in [0, 0.05) is 0 Å².